The molecule has 0 aliphatic heterocycles. The highest BCUT2D eigenvalue weighted by Crippen LogP contribution is 2.39. The molecule has 2 N–H and O–H groups in total. The number of carbonyl (C=O) groups excluding carboxylic acids is 1. The van der Waals surface area contributed by atoms with Gasteiger partial charge in [-0.2, -0.15) is 0 Å². The maximum atomic E-state index is 11.5. The van der Waals surface area contributed by atoms with Crippen molar-refractivity contribution in [3.8, 4) is 0 Å². The van der Waals surface area contributed by atoms with Crippen LogP contribution in [-0.2, 0) is 9.22 Å². The Labute approximate surface area is 101 Å². The Morgan fingerprint density at radius 3 is 1.69 bits per heavy atom. The molecule has 0 radical (unpaired) electrons. The third-order valence-corrected chi connectivity index (χ3v) is 7.70. The SMILES string of the molecule is CC(C)(C)C(O[Si](C)(C)C(C)(C)C)C(N)=O. The van der Waals surface area contributed by atoms with Crippen LogP contribution in [0.25, 0.3) is 0 Å². The van der Waals surface area contributed by atoms with Crippen molar-refractivity contribution in [3.05, 3.63) is 0 Å². The number of hydrogen-bond acceptors (Lipinski definition) is 2. The van der Waals surface area contributed by atoms with Gasteiger partial charge in [-0.3, -0.25) is 4.79 Å². The van der Waals surface area contributed by atoms with Gasteiger partial charge in [0.1, 0.15) is 6.10 Å². The molecule has 0 fully saturated rings. The monoisotopic (exact) mass is 245 g/mol. The molecule has 4 heteroatoms. The van der Waals surface area contributed by atoms with E-state index in [1.807, 2.05) is 20.8 Å². The number of rotatable bonds is 3. The summed E-state index contributed by atoms with van der Waals surface area (Å²) in [7, 11) is -1.94. The van der Waals surface area contributed by atoms with Gasteiger partial charge in [0, 0.05) is 0 Å². The van der Waals surface area contributed by atoms with E-state index in [2.05, 4.69) is 33.9 Å². The highest BCUT2D eigenvalue weighted by molar-refractivity contribution is 6.74. The maximum absolute atomic E-state index is 11.5. The molecule has 96 valence electrons. The number of primary amides is 1. The largest absolute Gasteiger partial charge is 0.404 e. The topological polar surface area (TPSA) is 52.3 Å². The van der Waals surface area contributed by atoms with Gasteiger partial charge in [0.15, 0.2) is 8.32 Å². The van der Waals surface area contributed by atoms with Crippen molar-refractivity contribution in [1.29, 1.82) is 0 Å². The van der Waals surface area contributed by atoms with Gasteiger partial charge in [0.2, 0.25) is 5.91 Å². The lowest BCUT2D eigenvalue weighted by Crippen LogP contribution is -2.52. The number of amides is 1. The highest BCUT2D eigenvalue weighted by Gasteiger charge is 2.43. The molecule has 0 saturated carbocycles. The first-order chi connectivity index (χ1) is 6.79. The zero-order valence-corrected chi connectivity index (χ0v) is 13.0. The molecule has 1 unspecified atom stereocenters. The van der Waals surface area contributed by atoms with Crippen molar-refractivity contribution < 1.29 is 9.22 Å². The minimum atomic E-state index is -1.94. The fraction of sp³-hybridized carbons (Fsp3) is 0.917. The minimum absolute atomic E-state index is 0.0892. The zero-order chi connectivity index (χ0) is 13.4. The summed E-state index contributed by atoms with van der Waals surface area (Å²) in [6.45, 7) is 16.7. The molecular weight excluding hydrogens is 218 g/mol. The van der Waals surface area contributed by atoms with Crippen LogP contribution in [0.5, 0.6) is 0 Å². The number of nitrogens with two attached hydrogens (primary N) is 1. The molecule has 0 aromatic rings. The van der Waals surface area contributed by atoms with E-state index in [1.165, 1.54) is 0 Å². The molecular formula is C12H27NO2Si. The smallest absolute Gasteiger partial charge is 0.245 e. The average molecular weight is 245 g/mol. The van der Waals surface area contributed by atoms with Gasteiger partial charge >= 0.3 is 0 Å². The predicted octanol–water partition coefficient (Wildman–Crippen LogP) is 2.91. The molecule has 0 aliphatic rings. The highest BCUT2D eigenvalue weighted by atomic mass is 28.4. The summed E-state index contributed by atoms with van der Waals surface area (Å²) in [5, 5.41) is 0.0892. The van der Waals surface area contributed by atoms with Crippen LogP contribution in [-0.4, -0.2) is 20.3 Å². The summed E-state index contributed by atoms with van der Waals surface area (Å²) in [4.78, 5) is 11.5. The van der Waals surface area contributed by atoms with E-state index in [0.717, 1.165) is 0 Å². The summed E-state index contributed by atoms with van der Waals surface area (Å²) in [5.41, 5.74) is 5.18. The average Bonchev–Trinajstić information content (AvgIpc) is 1.95. The van der Waals surface area contributed by atoms with Gasteiger partial charge in [-0.05, 0) is 23.5 Å². The first kappa shape index (κ1) is 15.6. The van der Waals surface area contributed by atoms with Gasteiger partial charge in [0.05, 0.1) is 0 Å². The molecule has 16 heavy (non-hydrogen) atoms. The molecule has 0 saturated heterocycles. The summed E-state index contributed by atoms with van der Waals surface area (Å²) in [6.07, 6.45) is -0.506. The second-order valence-electron chi connectivity index (χ2n) is 7.03. The normalized spacial score (nSPS) is 16.0. The van der Waals surface area contributed by atoms with Gasteiger partial charge < -0.3 is 10.2 Å². The standard InChI is InChI=1S/C12H27NO2Si/c1-11(2,3)9(10(13)14)15-16(7,8)12(4,5)6/h9H,1-8H3,(H2,13,14). The molecule has 0 aromatic carbocycles. The lowest BCUT2D eigenvalue weighted by atomic mass is 9.89. The van der Waals surface area contributed by atoms with Crippen LogP contribution in [0, 0.1) is 5.41 Å². The van der Waals surface area contributed by atoms with E-state index < -0.39 is 14.4 Å². The van der Waals surface area contributed by atoms with Crippen molar-refractivity contribution in [2.75, 3.05) is 0 Å². The minimum Gasteiger partial charge on any atom is -0.404 e. The quantitative estimate of drug-likeness (QED) is 0.777. The van der Waals surface area contributed by atoms with Gasteiger partial charge in [-0.1, -0.05) is 41.5 Å². The van der Waals surface area contributed by atoms with E-state index in [-0.39, 0.29) is 16.4 Å². The molecule has 0 rings (SSSR count). The lowest BCUT2D eigenvalue weighted by Gasteiger charge is -2.41. The summed E-state index contributed by atoms with van der Waals surface area (Å²) in [6, 6.07) is 0. The number of carbonyl (C=O) groups is 1. The first-order valence-corrected chi connectivity index (χ1v) is 8.67. The maximum Gasteiger partial charge on any atom is 0.245 e. The summed E-state index contributed by atoms with van der Waals surface area (Å²) in [5.74, 6) is -0.364. The van der Waals surface area contributed by atoms with Crippen LogP contribution in [0.3, 0.4) is 0 Å². The van der Waals surface area contributed by atoms with E-state index in [1.54, 1.807) is 0 Å². The Bertz CT molecular complexity index is 261. The second kappa shape index (κ2) is 4.49. The van der Waals surface area contributed by atoms with Crippen LogP contribution in [0.2, 0.25) is 18.1 Å². The third-order valence-electron chi connectivity index (χ3n) is 3.26. The van der Waals surface area contributed by atoms with E-state index in [9.17, 15) is 4.79 Å². The molecule has 0 heterocycles. The molecule has 1 atom stereocenters. The van der Waals surface area contributed by atoms with E-state index in [4.69, 9.17) is 10.2 Å². The first-order valence-electron chi connectivity index (χ1n) is 5.76. The van der Waals surface area contributed by atoms with Gasteiger partial charge in [-0.15, -0.1) is 0 Å². The summed E-state index contributed by atoms with van der Waals surface area (Å²) >= 11 is 0. The van der Waals surface area contributed by atoms with Crippen molar-refractivity contribution in [1.82, 2.24) is 0 Å². The van der Waals surface area contributed by atoms with E-state index >= 15 is 0 Å². The Balaban J connectivity index is 4.99. The number of hydrogen-bond donors (Lipinski definition) is 1. The van der Waals surface area contributed by atoms with Crippen molar-refractivity contribution in [2.24, 2.45) is 11.1 Å². The molecule has 0 bridgehead atoms. The van der Waals surface area contributed by atoms with Crippen molar-refractivity contribution >= 4 is 14.2 Å². The van der Waals surface area contributed by atoms with Crippen molar-refractivity contribution in [3.63, 3.8) is 0 Å². The Kier molecular flexibility index (Phi) is 4.39. The summed E-state index contributed by atoms with van der Waals surface area (Å²) < 4.78 is 6.09. The predicted molar refractivity (Wildman–Crippen MR) is 70.7 cm³/mol. The fourth-order valence-electron chi connectivity index (χ4n) is 1.13. The third kappa shape index (κ3) is 3.90. The van der Waals surface area contributed by atoms with Crippen LogP contribution < -0.4 is 5.73 Å². The fourth-order valence-corrected chi connectivity index (χ4v) is 2.55. The van der Waals surface area contributed by atoms with Crippen LogP contribution in [0.15, 0.2) is 0 Å². The Morgan fingerprint density at radius 1 is 1.12 bits per heavy atom. The Morgan fingerprint density at radius 2 is 1.50 bits per heavy atom. The lowest BCUT2D eigenvalue weighted by molar-refractivity contribution is -0.129. The molecule has 1 amide bonds. The van der Waals surface area contributed by atoms with Crippen LogP contribution >= 0.6 is 0 Å². The Hall–Kier alpha value is -0.353. The molecule has 3 nitrogen and oxygen atoms in total. The second-order valence-corrected chi connectivity index (χ2v) is 11.8. The van der Waals surface area contributed by atoms with Crippen molar-refractivity contribution in [2.45, 2.75) is 65.8 Å². The van der Waals surface area contributed by atoms with Crippen LogP contribution in [0.4, 0.5) is 0 Å². The molecule has 0 spiro atoms. The van der Waals surface area contributed by atoms with Crippen LogP contribution in [0.1, 0.15) is 41.5 Å². The molecule has 0 aromatic heterocycles. The molecule has 0 aliphatic carbocycles. The zero-order valence-electron chi connectivity index (χ0n) is 12.0. The van der Waals surface area contributed by atoms with E-state index in [0.29, 0.717) is 0 Å². The van der Waals surface area contributed by atoms with Gasteiger partial charge in [-0.25, -0.2) is 0 Å². The van der Waals surface area contributed by atoms with Gasteiger partial charge in [0.25, 0.3) is 0 Å².